The van der Waals surface area contributed by atoms with Gasteiger partial charge in [-0.05, 0) is 43.3 Å². The molecule has 0 N–H and O–H groups in total. The maximum Gasteiger partial charge on any atom is 0.139 e. The monoisotopic (exact) mass is 340 g/mol. The summed E-state index contributed by atoms with van der Waals surface area (Å²) in [4.78, 5) is 14.1. The average Bonchev–Trinajstić information content (AvgIpc) is 3.03. The highest BCUT2D eigenvalue weighted by Crippen LogP contribution is 2.28. The summed E-state index contributed by atoms with van der Waals surface area (Å²) >= 11 is 0. The van der Waals surface area contributed by atoms with Crippen LogP contribution in [0.1, 0.15) is 5.82 Å². The standard InChI is InChI=1S/C21H16N4O/c1-13-23-19-12-22-18-6-4-3-5-16(18)21(19)25(13)20-10-7-14-11-15(26-2)8-9-17(14)24-20/h3-12H,1-2H3. The number of fused-ring (bicyclic) bond motifs is 4. The number of methoxy groups -OCH3 is 1. The second kappa shape index (κ2) is 5.52. The van der Waals surface area contributed by atoms with Crippen molar-refractivity contribution in [1.82, 2.24) is 19.5 Å². The SMILES string of the molecule is COc1ccc2nc(-n3c(C)nc4cnc5ccccc5c43)ccc2c1. The van der Waals surface area contributed by atoms with Gasteiger partial charge in [-0.1, -0.05) is 18.2 Å². The Hall–Kier alpha value is -3.47. The molecule has 0 spiro atoms. The van der Waals surface area contributed by atoms with Gasteiger partial charge in [0.2, 0.25) is 0 Å². The second-order valence-corrected chi connectivity index (χ2v) is 6.23. The van der Waals surface area contributed by atoms with Crippen LogP contribution in [0.15, 0.2) is 60.8 Å². The van der Waals surface area contributed by atoms with Crippen molar-refractivity contribution in [3.63, 3.8) is 0 Å². The van der Waals surface area contributed by atoms with E-state index in [-0.39, 0.29) is 0 Å². The van der Waals surface area contributed by atoms with E-state index in [1.54, 1.807) is 7.11 Å². The molecule has 0 radical (unpaired) electrons. The Kier molecular flexibility index (Phi) is 3.15. The van der Waals surface area contributed by atoms with Crippen molar-refractivity contribution < 1.29 is 4.74 Å². The summed E-state index contributed by atoms with van der Waals surface area (Å²) in [6.07, 6.45) is 1.83. The predicted molar refractivity (Wildman–Crippen MR) is 103 cm³/mol. The zero-order valence-corrected chi connectivity index (χ0v) is 14.5. The minimum atomic E-state index is 0.827. The third kappa shape index (κ3) is 2.14. The van der Waals surface area contributed by atoms with E-state index in [0.29, 0.717) is 0 Å². The molecule has 3 heterocycles. The minimum Gasteiger partial charge on any atom is -0.497 e. The number of hydrogen-bond acceptors (Lipinski definition) is 4. The highest BCUT2D eigenvalue weighted by atomic mass is 16.5. The number of hydrogen-bond donors (Lipinski definition) is 0. The summed E-state index contributed by atoms with van der Waals surface area (Å²) in [6, 6.07) is 18.1. The van der Waals surface area contributed by atoms with Gasteiger partial charge in [0.15, 0.2) is 0 Å². The van der Waals surface area contributed by atoms with Gasteiger partial charge in [0.25, 0.3) is 0 Å². The first-order valence-electron chi connectivity index (χ1n) is 8.42. The molecule has 0 aliphatic carbocycles. The van der Waals surface area contributed by atoms with Gasteiger partial charge in [-0.2, -0.15) is 0 Å². The summed E-state index contributed by atoms with van der Waals surface area (Å²) in [5, 5.41) is 2.11. The third-order valence-corrected chi connectivity index (χ3v) is 4.67. The number of rotatable bonds is 2. The van der Waals surface area contributed by atoms with Crippen LogP contribution < -0.4 is 4.74 Å². The Morgan fingerprint density at radius 1 is 0.885 bits per heavy atom. The molecule has 5 heteroatoms. The average molecular weight is 340 g/mol. The molecule has 5 rings (SSSR count). The van der Waals surface area contributed by atoms with Crippen LogP contribution in [0.5, 0.6) is 5.75 Å². The van der Waals surface area contributed by atoms with Crippen LogP contribution in [-0.4, -0.2) is 26.6 Å². The van der Waals surface area contributed by atoms with Gasteiger partial charge >= 0.3 is 0 Å². The summed E-state index contributed by atoms with van der Waals surface area (Å²) in [5.74, 6) is 2.56. The Bertz CT molecular complexity index is 1290. The van der Waals surface area contributed by atoms with Crippen LogP contribution in [0.3, 0.4) is 0 Å². The number of aromatic nitrogens is 4. The molecular weight excluding hydrogens is 324 g/mol. The van der Waals surface area contributed by atoms with E-state index in [1.807, 2.05) is 55.6 Å². The maximum atomic E-state index is 5.30. The molecule has 0 atom stereocenters. The first kappa shape index (κ1) is 14.8. The molecule has 0 amide bonds. The first-order valence-corrected chi connectivity index (χ1v) is 8.42. The molecule has 0 bridgehead atoms. The van der Waals surface area contributed by atoms with Crippen molar-refractivity contribution in [2.45, 2.75) is 6.92 Å². The molecule has 2 aromatic carbocycles. The Morgan fingerprint density at radius 2 is 1.77 bits per heavy atom. The smallest absolute Gasteiger partial charge is 0.139 e. The molecule has 126 valence electrons. The zero-order valence-electron chi connectivity index (χ0n) is 14.5. The van der Waals surface area contributed by atoms with Gasteiger partial charge in [0.1, 0.15) is 22.9 Å². The normalized spacial score (nSPS) is 11.5. The largest absolute Gasteiger partial charge is 0.497 e. The van der Waals surface area contributed by atoms with Gasteiger partial charge < -0.3 is 4.74 Å². The van der Waals surface area contributed by atoms with Crippen molar-refractivity contribution in [3.05, 3.63) is 66.6 Å². The molecule has 0 saturated carbocycles. The van der Waals surface area contributed by atoms with Crippen LogP contribution in [0.25, 0.3) is 38.7 Å². The van der Waals surface area contributed by atoms with Crippen molar-refractivity contribution in [1.29, 1.82) is 0 Å². The summed E-state index contributed by atoms with van der Waals surface area (Å²) in [5.41, 5.74) is 3.78. The van der Waals surface area contributed by atoms with Crippen LogP contribution >= 0.6 is 0 Å². The van der Waals surface area contributed by atoms with Crippen LogP contribution in [0, 0.1) is 6.92 Å². The summed E-state index contributed by atoms with van der Waals surface area (Å²) < 4.78 is 7.40. The number of aryl methyl sites for hydroxylation is 1. The van der Waals surface area contributed by atoms with Gasteiger partial charge in [-0.3, -0.25) is 9.55 Å². The topological polar surface area (TPSA) is 52.8 Å². The molecular formula is C21H16N4O. The second-order valence-electron chi connectivity index (χ2n) is 6.23. The fourth-order valence-corrected chi connectivity index (χ4v) is 3.44. The minimum absolute atomic E-state index is 0.827. The van der Waals surface area contributed by atoms with Crippen molar-refractivity contribution in [3.8, 4) is 11.6 Å². The Balaban J connectivity index is 1.82. The van der Waals surface area contributed by atoms with Gasteiger partial charge in [-0.25, -0.2) is 9.97 Å². The van der Waals surface area contributed by atoms with E-state index in [2.05, 4.69) is 26.7 Å². The third-order valence-electron chi connectivity index (χ3n) is 4.67. The predicted octanol–water partition coefficient (Wildman–Crippen LogP) is 4.44. The molecule has 0 aliphatic heterocycles. The summed E-state index contributed by atoms with van der Waals surface area (Å²) in [7, 11) is 1.67. The molecule has 0 unspecified atom stereocenters. The molecule has 3 aromatic heterocycles. The van der Waals surface area contributed by atoms with Crippen molar-refractivity contribution in [2.24, 2.45) is 0 Å². The number of pyridine rings is 2. The lowest BCUT2D eigenvalue weighted by Gasteiger charge is -2.09. The van der Waals surface area contributed by atoms with Crippen molar-refractivity contribution in [2.75, 3.05) is 7.11 Å². The maximum absolute atomic E-state index is 5.30. The van der Waals surface area contributed by atoms with E-state index in [1.165, 1.54) is 0 Å². The fourth-order valence-electron chi connectivity index (χ4n) is 3.44. The fraction of sp³-hybridized carbons (Fsp3) is 0.0952. The number of ether oxygens (including phenoxy) is 1. The number of nitrogens with zero attached hydrogens (tertiary/aromatic N) is 4. The summed E-state index contributed by atoms with van der Waals surface area (Å²) in [6.45, 7) is 1.99. The lowest BCUT2D eigenvalue weighted by molar-refractivity contribution is 0.415. The van der Waals surface area contributed by atoms with E-state index in [9.17, 15) is 0 Å². The highest BCUT2D eigenvalue weighted by molar-refractivity contribution is 6.03. The van der Waals surface area contributed by atoms with E-state index < -0.39 is 0 Å². The van der Waals surface area contributed by atoms with E-state index in [4.69, 9.17) is 9.72 Å². The van der Waals surface area contributed by atoms with Crippen LogP contribution in [0.2, 0.25) is 0 Å². The van der Waals surface area contributed by atoms with E-state index in [0.717, 1.165) is 50.2 Å². The quantitative estimate of drug-likeness (QED) is 0.477. The molecule has 5 nitrogen and oxygen atoms in total. The highest BCUT2D eigenvalue weighted by Gasteiger charge is 2.14. The van der Waals surface area contributed by atoms with Crippen LogP contribution in [0.4, 0.5) is 0 Å². The molecule has 0 aliphatic rings. The Morgan fingerprint density at radius 3 is 2.65 bits per heavy atom. The molecule has 5 aromatic rings. The van der Waals surface area contributed by atoms with Crippen LogP contribution in [-0.2, 0) is 0 Å². The first-order chi connectivity index (χ1) is 12.7. The number of benzene rings is 2. The van der Waals surface area contributed by atoms with Gasteiger partial charge in [0.05, 0.1) is 29.9 Å². The molecule has 0 fully saturated rings. The van der Waals surface area contributed by atoms with Gasteiger partial charge in [-0.15, -0.1) is 0 Å². The van der Waals surface area contributed by atoms with Crippen molar-refractivity contribution >= 4 is 32.8 Å². The Labute approximate surface area is 149 Å². The van der Waals surface area contributed by atoms with Gasteiger partial charge in [0, 0.05) is 10.8 Å². The number of imidazole rings is 1. The lowest BCUT2D eigenvalue weighted by Crippen LogP contribution is -2.00. The molecule has 26 heavy (non-hydrogen) atoms. The van der Waals surface area contributed by atoms with E-state index >= 15 is 0 Å². The molecule has 0 saturated heterocycles. The zero-order chi connectivity index (χ0) is 17.7. The lowest BCUT2D eigenvalue weighted by atomic mass is 10.2. The number of para-hydroxylation sites is 1.